The number of amides is 2. The predicted octanol–water partition coefficient (Wildman–Crippen LogP) is 2.96. The summed E-state index contributed by atoms with van der Waals surface area (Å²) in [6, 6.07) is 2.10. The van der Waals surface area contributed by atoms with Crippen molar-refractivity contribution in [3.8, 4) is 0 Å². The monoisotopic (exact) mass is 369 g/mol. The Morgan fingerprint density at radius 3 is 2.54 bits per heavy atom. The van der Waals surface area contributed by atoms with Crippen LogP contribution in [0.1, 0.15) is 49.2 Å². The van der Waals surface area contributed by atoms with Crippen molar-refractivity contribution in [3.63, 3.8) is 0 Å². The summed E-state index contributed by atoms with van der Waals surface area (Å²) in [7, 11) is 0. The van der Waals surface area contributed by atoms with Crippen molar-refractivity contribution in [1.29, 1.82) is 0 Å². The number of carbonyl (C=O) groups excluding carboxylic acids is 2. The SMILES string of the molecule is CC(C)C(=O)N1CCC12CCCN(C(=O)c1ccnc(C(F)(F)F)c1)C2. The molecule has 1 aromatic heterocycles. The van der Waals surface area contributed by atoms with Crippen LogP contribution in [0.15, 0.2) is 18.3 Å². The molecule has 5 nitrogen and oxygen atoms in total. The Morgan fingerprint density at radius 1 is 1.23 bits per heavy atom. The summed E-state index contributed by atoms with van der Waals surface area (Å²) in [5.74, 6) is -0.498. The second kappa shape index (κ2) is 6.55. The third kappa shape index (κ3) is 3.29. The summed E-state index contributed by atoms with van der Waals surface area (Å²) in [6.07, 6.45) is -1.22. The molecule has 2 fully saturated rings. The van der Waals surface area contributed by atoms with Gasteiger partial charge in [0.05, 0.1) is 5.54 Å². The van der Waals surface area contributed by atoms with Crippen molar-refractivity contribution in [3.05, 3.63) is 29.6 Å². The van der Waals surface area contributed by atoms with E-state index in [0.29, 0.717) is 19.6 Å². The first kappa shape index (κ1) is 18.7. The minimum atomic E-state index is -4.59. The molecule has 0 N–H and O–H groups in total. The molecule has 0 bridgehead atoms. The average molecular weight is 369 g/mol. The van der Waals surface area contributed by atoms with Crippen molar-refractivity contribution in [1.82, 2.24) is 14.8 Å². The number of alkyl halides is 3. The molecule has 0 radical (unpaired) electrons. The van der Waals surface area contributed by atoms with E-state index in [0.717, 1.165) is 31.5 Å². The molecule has 2 aliphatic rings. The molecular weight excluding hydrogens is 347 g/mol. The second-order valence-corrected chi connectivity index (χ2v) is 7.38. The maximum absolute atomic E-state index is 12.8. The number of likely N-dealkylation sites (tertiary alicyclic amines) is 2. The number of hydrogen-bond donors (Lipinski definition) is 0. The number of hydrogen-bond acceptors (Lipinski definition) is 3. The van der Waals surface area contributed by atoms with Gasteiger partial charge in [0.1, 0.15) is 5.69 Å². The second-order valence-electron chi connectivity index (χ2n) is 7.38. The molecule has 2 aliphatic heterocycles. The zero-order chi connectivity index (χ0) is 19.1. The lowest BCUT2D eigenvalue weighted by molar-refractivity contribution is -0.155. The molecule has 8 heteroatoms. The highest BCUT2D eigenvalue weighted by atomic mass is 19.4. The summed E-state index contributed by atoms with van der Waals surface area (Å²) in [5.41, 5.74) is -1.46. The van der Waals surface area contributed by atoms with Gasteiger partial charge < -0.3 is 9.80 Å². The number of pyridine rings is 1. The Hall–Kier alpha value is -2.12. The van der Waals surface area contributed by atoms with E-state index in [1.165, 1.54) is 6.07 Å². The minimum absolute atomic E-state index is 0.0227. The Kier molecular flexibility index (Phi) is 4.71. The smallest absolute Gasteiger partial charge is 0.336 e. The molecule has 0 aromatic carbocycles. The van der Waals surface area contributed by atoms with Crippen LogP contribution in [0.3, 0.4) is 0 Å². The summed E-state index contributed by atoms with van der Waals surface area (Å²) in [5, 5.41) is 0. The fourth-order valence-electron chi connectivity index (χ4n) is 3.81. The van der Waals surface area contributed by atoms with Crippen LogP contribution < -0.4 is 0 Å². The van der Waals surface area contributed by atoms with Crippen molar-refractivity contribution in [2.75, 3.05) is 19.6 Å². The van der Waals surface area contributed by atoms with E-state index < -0.39 is 17.8 Å². The number of aromatic nitrogens is 1. The zero-order valence-corrected chi connectivity index (χ0v) is 14.8. The fourth-order valence-corrected chi connectivity index (χ4v) is 3.81. The lowest BCUT2D eigenvalue weighted by Gasteiger charge is -2.57. The van der Waals surface area contributed by atoms with Crippen LogP contribution in [0, 0.1) is 5.92 Å². The molecule has 2 saturated heterocycles. The summed E-state index contributed by atoms with van der Waals surface area (Å²) in [6.45, 7) is 5.21. The number of rotatable bonds is 2. The van der Waals surface area contributed by atoms with Crippen LogP contribution in [0.5, 0.6) is 0 Å². The Morgan fingerprint density at radius 2 is 1.96 bits per heavy atom. The highest BCUT2D eigenvalue weighted by Crippen LogP contribution is 2.40. The molecule has 1 unspecified atom stereocenters. The van der Waals surface area contributed by atoms with E-state index >= 15 is 0 Å². The molecule has 142 valence electrons. The lowest BCUT2D eigenvalue weighted by Crippen LogP contribution is -2.69. The maximum Gasteiger partial charge on any atom is 0.433 e. The van der Waals surface area contributed by atoms with Crippen molar-refractivity contribution in [2.24, 2.45) is 5.92 Å². The molecule has 3 rings (SSSR count). The van der Waals surface area contributed by atoms with Gasteiger partial charge in [0.2, 0.25) is 5.91 Å². The standard InChI is InChI=1S/C18H22F3N3O2/c1-12(2)15(25)24-9-6-17(24)5-3-8-23(11-17)16(26)13-4-7-22-14(10-13)18(19,20)21/h4,7,10,12H,3,5-6,8-9,11H2,1-2H3. The Balaban J connectivity index is 1.78. The van der Waals surface area contributed by atoms with E-state index in [1.807, 2.05) is 18.7 Å². The van der Waals surface area contributed by atoms with Crippen LogP contribution in [0.25, 0.3) is 0 Å². The number of carbonyl (C=O) groups is 2. The quantitative estimate of drug-likeness (QED) is 0.805. The molecule has 0 saturated carbocycles. The first-order chi connectivity index (χ1) is 12.1. The summed E-state index contributed by atoms with van der Waals surface area (Å²) in [4.78, 5) is 31.8. The van der Waals surface area contributed by atoms with E-state index in [2.05, 4.69) is 4.98 Å². The van der Waals surface area contributed by atoms with E-state index in [1.54, 1.807) is 4.90 Å². The van der Waals surface area contributed by atoms with Crippen molar-refractivity contribution in [2.45, 2.75) is 44.8 Å². The van der Waals surface area contributed by atoms with Crippen molar-refractivity contribution >= 4 is 11.8 Å². The van der Waals surface area contributed by atoms with Crippen LogP contribution in [-0.2, 0) is 11.0 Å². The van der Waals surface area contributed by atoms with Crippen LogP contribution >= 0.6 is 0 Å². The highest BCUT2D eigenvalue weighted by Gasteiger charge is 2.50. The van der Waals surface area contributed by atoms with Gasteiger partial charge in [-0.25, -0.2) is 0 Å². The van der Waals surface area contributed by atoms with Gasteiger partial charge in [-0.1, -0.05) is 13.8 Å². The third-order valence-electron chi connectivity index (χ3n) is 5.27. The first-order valence-electron chi connectivity index (χ1n) is 8.78. The van der Waals surface area contributed by atoms with Gasteiger partial charge in [-0.15, -0.1) is 0 Å². The van der Waals surface area contributed by atoms with Gasteiger partial charge in [-0.3, -0.25) is 14.6 Å². The first-order valence-corrected chi connectivity index (χ1v) is 8.78. The molecular formula is C18H22F3N3O2. The molecule has 2 amide bonds. The molecule has 26 heavy (non-hydrogen) atoms. The third-order valence-corrected chi connectivity index (χ3v) is 5.27. The average Bonchev–Trinajstić information content (AvgIpc) is 2.59. The number of halogens is 3. The van der Waals surface area contributed by atoms with Gasteiger partial charge in [-0.2, -0.15) is 13.2 Å². The van der Waals surface area contributed by atoms with Crippen molar-refractivity contribution < 1.29 is 22.8 Å². The summed E-state index contributed by atoms with van der Waals surface area (Å²) < 4.78 is 38.5. The predicted molar refractivity (Wildman–Crippen MR) is 88.3 cm³/mol. The van der Waals surface area contributed by atoms with Gasteiger partial charge in [-0.05, 0) is 31.4 Å². The van der Waals surface area contributed by atoms with Crippen LogP contribution in [0.2, 0.25) is 0 Å². The molecule has 1 atom stereocenters. The topological polar surface area (TPSA) is 53.5 Å². The van der Waals surface area contributed by atoms with Crippen LogP contribution in [-0.4, -0.2) is 51.8 Å². The lowest BCUT2D eigenvalue weighted by atomic mass is 9.76. The summed E-state index contributed by atoms with van der Waals surface area (Å²) >= 11 is 0. The normalized spacial score (nSPS) is 23.3. The van der Waals surface area contributed by atoms with E-state index in [9.17, 15) is 22.8 Å². The van der Waals surface area contributed by atoms with Gasteiger partial charge in [0, 0.05) is 37.3 Å². The van der Waals surface area contributed by atoms with Gasteiger partial charge >= 0.3 is 6.18 Å². The molecule has 1 aromatic rings. The minimum Gasteiger partial charge on any atom is -0.336 e. The highest BCUT2D eigenvalue weighted by molar-refractivity contribution is 5.94. The molecule has 3 heterocycles. The maximum atomic E-state index is 12.8. The molecule has 0 aliphatic carbocycles. The molecule has 1 spiro atoms. The van der Waals surface area contributed by atoms with Gasteiger partial charge in [0.15, 0.2) is 0 Å². The van der Waals surface area contributed by atoms with E-state index in [-0.39, 0.29) is 22.9 Å². The number of nitrogens with zero attached hydrogens (tertiary/aromatic N) is 3. The Bertz CT molecular complexity index is 720. The Labute approximate surface area is 150 Å². The van der Waals surface area contributed by atoms with Gasteiger partial charge in [0.25, 0.3) is 5.91 Å². The van der Waals surface area contributed by atoms with Crippen LogP contribution in [0.4, 0.5) is 13.2 Å². The zero-order valence-electron chi connectivity index (χ0n) is 14.8. The number of piperidine rings is 1. The largest absolute Gasteiger partial charge is 0.433 e. The van der Waals surface area contributed by atoms with E-state index in [4.69, 9.17) is 0 Å². The fraction of sp³-hybridized carbons (Fsp3) is 0.611.